The second kappa shape index (κ2) is 6.62. The zero-order valence-corrected chi connectivity index (χ0v) is 15.0. The zero-order valence-electron chi connectivity index (χ0n) is 15.0. The van der Waals surface area contributed by atoms with Crippen LogP contribution in [-0.2, 0) is 6.18 Å². The van der Waals surface area contributed by atoms with Crippen LogP contribution in [0.4, 0.5) is 13.2 Å². The van der Waals surface area contributed by atoms with Gasteiger partial charge in [-0.2, -0.15) is 18.3 Å². The number of halogens is 3. The van der Waals surface area contributed by atoms with Gasteiger partial charge < -0.3 is 5.32 Å². The third-order valence-electron chi connectivity index (χ3n) is 5.05. The summed E-state index contributed by atoms with van der Waals surface area (Å²) in [7, 11) is 0. The molecule has 1 aromatic carbocycles. The number of rotatable bonds is 2. The van der Waals surface area contributed by atoms with Crippen molar-refractivity contribution in [1.29, 1.82) is 0 Å². The molecular weight excluding hydrogens is 375 g/mol. The van der Waals surface area contributed by atoms with Crippen molar-refractivity contribution in [2.45, 2.75) is 32.0 Å². The van der Waals surface area contributed by atoms with Crippen LogP contribution in [0.2, 0.25) is 0 Å². The first kappa shape index (κ1) is 18.5. The third-order valence-corrected chi connectivity index (χ3v) is 5.05. The molecule has 2 N–H and O–H groups in total. The van der Waals surface area contributed by atoms with Gasteiger partial charge in [-0.05, 0) is 57.1 Å². The molecule has 0 unspecified atom stereocenters. The number of hydrogen-bond donors (Lipinski definition) is 2. The number of nitrogens with one attached hydrogen (secondary N) is 2. The summed E-state index contributed by atoms with van der Waals surface area (Å²) in [6.45, 7) is 3.08. The molecule has 0 amide bonds. The van der Waals surface area contributed by atoms with Crippen molar-refractivity contribution >= 4 is 11.0 Å². The van der Waals surface area contributed by atoms with Crippen molar-refractivity contribution in [3.05, 3.63) is 56.4 Å². The highest BCUT2D eigenvalue weighted by Gasteiger charge is 2.30. The SMILES string of the molecule is Cc1nn(-c2ccc(C(F)(F)F)cc2)c2[nH]c(=O)n(C3CCNCC3)c(=O)c12. The van der Waals surface area contributed by atoms with Gasteiger partial charge >= 0.3 is 11.9 Å². The molecule has 148 valence electrons. The van der Waals surface area contributed by atoms with Crippen LogP contribution in [0.15, 0.2) is 33.9 Å². The normalized spacial score (nSPS) is 16.0. The third kappa shape index (κ3) is 3.03. The lowest BCUT2D eigenvalue weighted by Gasteiger charge is -2.23. The number of fused-ring (bicyclic) bond motifs is 1. The fraction of sp³-hybridized carbons (Fsp3) is 0.389. The van der Waals surface area contributed by atoms with Gasteiger partial charge in [-0.25, -0.2) is 9.48 Å². The Morgan fingerprint density at radius 2 is 1.75 bits per heavy atom. The molecule has 1 aliphatic rings. The van der Waals surface area contributed by atoms with Crippen LogP contribution in [0, 0.1) is 6.92 Å². The second-order valence-electron chi connectivity index (χ2n) is 6.85. The first-order chi connectivity index (χ1) is 13.3. The van der Waals surface area contributed by atoms with E-state index in [1.165, 1.54) is 21.4 Å². The van der Waals surface area contributed by atoms with Gasteiger partial charge in [0.15, 0.2) is 5.65 Å². The molecule has 1 saturated heterocycles. The lowest BCUT2D eigenvalue weighted by Crippen LogP contribution is -2.42. The number of hydrogen-bond acceptors (Lipinski definition) is 4. The maximum atomic E-state index is 13.0. The molecule has 3 aromatic rings. The average Bonchev–Trinajstić information content (AvgIpc) is 2.98. The summed E-state index contributed by atoms with van der Waals surface area (Å²) in [4.78, 5) is 28.3. The lowest BCUT2D eigenvalue weighted by atomic mass is 10.1. The summed E-state index contributed by atoms with van der Waals surface area (Å²) >= 11 is 0. The van der Waals surface area contributed by atoms with Crippen molar-refractivity contribution in [3.63, 3.8) is 0 Å². The molecule has 0 aliphatic carbocycles. The molecule has 0 radical (unpaired) electrons. The van der Waals surface area contributed by atoms with Crippen molar-refractivity contribution < 1.29 is 13.2 Å². The van der Waals surface area contributed by atoms with Crippen molar-refractivity contribution in [1.82, 2.24) is 24.6 Å². The van der Waals surface area contributed by atoms with E-state index in [2.05, 4.69) is 15.4 Å². The first-order valence-corrected chi connectivity index (χ1v) is 8.90. The largest absolute Gasteiger partial charge is 0.416 e. The lowest BCUT2D eigenvalue weighted by molar-refractivity contribution is -0.137. The van der Waals surface area contributed by atoms with E-state index in [1.54, 1.807) is 6.92 Å². The van der Waals surface area contributed by atoms with Crippen LogP contribution in [0.1, 0.15) is 30.1 Å². The van der Waals surface area contributed by atoms with E-state index in [4.69, 9.17) is 0 Å². The summed E-state index contributed by atoms with van der Waals surface area (Å²) in [6, 6.07) is 4.19. The number of piperidine rings is 1. The fourth-order valence-electron chi connectivity index (χ4n) is 3.65. The number of benzene rings is 1. The predicted octanol–water partition coefficient (Wildman–Crippen LogP) is 2.13. The summed E-state index contributed by atoms with van der Waals surface area (Å²) in [6.07, 6.45) is -3.11. The quantitative estimate of drug-likeness (QED) is 0.699. The molecule has 28 heavy (non-hydrogen) atoms. The van der Waals surface area contributed by atoms with Crippen molar-refractivity contribution in [3.8, 4) is 5.69 Å². The minimum absolute atomic E-state index is 0.178. The van der Waals surface area contributed by atoms with Gasteiger partial charge in [-0.15, -0.1) is 0 Å². The molecule has 0 bridgehead atoms. The van der Waals surface area contributed by atoms with Gasteiger partial charge in [0, 0.05) is 6.04 Å². The Hall–Kier alpha value is -2.88. The van der Waals surface area contributed by atoms with E-state index in [9.17, 15) is 22.8 Å². The van der Waals surface area contributed by atoms with Crippen LogP contribution in [0.3, 0.4) is 0 Å². The summed E-state index contributed by atoms with van der Waals surface area (Å²) < 4.78 is 40.9. The molecule has 3 heterocycles. The fourth-order valence-corrected chi connectivity index (χ4v) is 3.65. The maximum Gasteiger partial charge on any atom is 0.416 e. The Morgan fingerprint density at radius 3 is 2.36 bits per heavy atom. The van der Waals surface area contributed by atoms with Gasteiger partial charge in [-0.1, -0.05) is 0 Å². The van der Waals surface area contributed by atoms with Crippen molar-refractivity contribution in [2.75, 3.05) is 13.1 Å². The smallest absolute Gasteiger partial charge is 0.317 e. The van der Waals surface area contributed by atoms with Gasteiger partial charge in [0.2, 0.25) is 0 Å². The standard InChI is InChI=1S/C18H18F3N5O2/c1-10-14-15(23-17(28)25(16(14)27)12-6-8-22-9-7-12)26(24-10)13-4-2-11(3-5-13)18(19,20)21/h2-5,12,22H,6-9H2,1H3,(H,23,28). The molecule has 4 rings (SSSR count). The van der Waals surface area contributed by atoms with E-state index < -0.39 is 23.0 Å². The molecule has 1 aliphatic heterocycles. The molecule has 1 fully saturated rings. The predicted molar refractivity (Wildman–Crippen MR) is 96.8 cm³/mol. The highest BCUT2D eigenvalue weighted by atomic mass is 19.4. The average molecular weight is 393 g/mol. The number of aromatic amines is 1. The van der Waals surface area contributed by atoms with Crippen LogP contribution >= 0.6 is 0 Å². The number of aryl methyl sites for hydroxylation is 1. The molecule has 10 heteroatoms. The van der Waals surface area contributed by atoms with Crippen LogP contribution in [-0.4, -0.2) is 32.4 Å². The minimum atomic E-state index is -4.45. The Morgan fingerprint density at radius 1 is 1.11 bits per heavy atom. The van der Waals surface area contributed by atoms with Gasteiger partial charge in [0.1, 0.15) is 5.39 Å². The Bertz CT molecular complexity index is 1140. The number of alkyl halides is 3. The first-order valence-electron chi connectivity index (χ1n) is 8.90. The summed E-state index contributed by atoms with van der Waals surface area (Å²) in [5.74, 6) is 0. The Balaban J connectivity index is 1.86. The number of nitrogens with zero attached hydrogens (tertiary/aromatic N) is 3. The molecular formula is C18H18F3N5O2. The molecule has 0 spiro atoms. The van der Waals surface area contributed by atoms with Crippen molar-refractivity contribution in [2.24, 2.45) is 0 Å². The molecule has 0 atom stereocenters. The number of aromatic nitrogens is 4. The summed E-state index contributed by atoms with van der Waals surface area (Å²) in [5, 5.41) is 7.73. The number of H-pyrrole nitrogens is 1. The highest BCUT2D eigenvalue weighted by Crippen LogP contribution is 2.30. The monoisotopic (exact) mass is 393 g/mol. The Labute approximate surface area is 156 Å². The van der Waals surface area contributed by atoms with E-state index in [-0.39, 0.29) is 17.1 Å². The molecule has 2 aromatic heterocycles. The van der Waals surface area contributed by atoms with Crippen LogP contribution in [0.5, 0.6) is 0 Å². The highest BCUT2D eigenvalue weighted by molar-refractivity contribution is 5.78. The van der Waals surface area contributed by atoms with Crippen LogP contribution < -0.4 is 16.6 Å². The molecule has 0 saturated carbocycles. The minimum Gasteiger partial charge on any atom is -0.317 e. The zero-order chi connectivity index (χ0) is 20.1. The summed E-state index contributed by atoms with van der Waals surface area (Å²) in [5.41, 5.74) is -0.859. The topological polar surface area (TPSA) is 84.7 Å². The van der Waals surface area contributed by atoms with E-state index in [1.807, 2.05) is 0 Å². The van der Waals surface area contributed by atoms with Gasteiger partial charge in [0.05, 0.1) is 16.9 Å². The van der Waals surface area contributed by atoms with Crippen LogP contribution in [0.25, 0.3) is 16.7 Å². The Kier molecular flexibility index (Phi) is 4.37. The van der Waals surface area contributed by atoms with E-state index in [0.29, 0.717) is 24.2 Å². The van der Waals surface area contributed by atoms with E-state index in [0.717, 1.165) is 25.2 Å². The second-order valence-corrected chi connectivity index (χ2v) is 6.85. The van der Waals surface area contributed by atoms with Gasteiger partial charge in [-0.3, -0.25) is 14.3 Å². The molecule has 7 nitrogen and oxygen atoms in total. The van der Waals surface area contributed by atoms with E-state index >= 15 is 0 Å². The maximum absolute atomic E-state index is 13.0. The van der Waals surface area contributed by atoms with Gasteiger partial charge in [0.25, 0.3) is 5.56 Å².